The number of nitrogens with one attached hydrogen (secondary N) is 1. The Balaban J connectivity index is 2.60. The first kappa shape index (κ1) is 9.84. The molecule has 0 amide bonds. The average Bonchev–Trinajstić information content (AvgIpc) is 2.23. The predicted molar refractivity (Wildman–Crippen MR) is 48.3 cm³/mol. The van der Waals surface area contributed by atoms with Gasteiger partial charge in [-0.05, 0) is 12.1 Å². The van der Waals surface area contributed by atoms with Gasteiger partial charge in [-0.25, -0.2) is 13.2 Å². The molecule has 2 nitrogen and oxygen atoms in total. The van der Waals surface area contributed by atoms with Crippen molar-refractivity contribution in [3.05, 3.63) is 29.1 Å². The molecule has 78 valence electrons. The van der Waals surface area contributed by atoms with E-state index in [9.17, 15) is 13.2 Å². The highest BCUT2D eigenvalue weighted by Gasteiger charge is 2.31. The second-order valence-corrected chi connectivity index (χ2v) is 3.33. The molecule has 2 atom stereocenters. The van der Waals surface area contributed by atoms with Crippen LogP contribution in [0.1, 0.15) is 17.3 Å². The molecule has 0 spiro atoms. The van der Waals surface area contributed by atoms with Crippen molar-refractivity contribution in [1.29, 1.82) is 5.26 Å². The van der Waals surface area contributed by atoms with Crippen LogP contribution in [0.5, 0.6) is 0 Å². The van der Waals surface area contributed by atoms with Gasteiger partial charge in [0.25, 0.3) is 0 Å². The highest BCUT2D eigenvalue weighted by molar-refractivity contribution is 5.65. The van der Waals surface area contributed by atoms with Crippen LogP contribution in [0.3, 0.4) is 0 Å². The van der Waals surface area contributed by atoms with Crippen molar-refractivity contribution in [3.63, 3.8) is 0 Å². The summed E-state index contributed by atoms with van der Waals surface area (Å²) in [6, 6.07) is 3.65. The normalized spacial score (nSPS) is 23.9. The molecule has 0 fully saturated rings. The highest BCUT2D eigenvalue weighted by atomic mass is 19.2. The fourth-order valence-corrected chi connectivity index (χ4v) is 1.63. The first-order chi connectivity index (χ1) is 7.13. The van der Waals surface area contributed by atoms with E-state index < -0.39 is 18.2 Å². The number of nitrogens with zero attached hydrogens (tertiary/aromatic N) is 1. The number of benzene rings is 1. The maximum atomic E-state index is 13.4. The first-order valence-corrected chi connectivity index (χ1v) is 4.39. The minimum Gasteiger partial charge on any atom is -0.381 e. The Morgan fingerprint density at radius 1 is 1.40 bits per heavy atom. The smallest absolute Gasteiger partial charge is 0.160 e. The number of anilines is 1. The summed E-state index contributed by atoms with van der Waals surface area (Å²) >= 11 is 0. The Bertz CT molecular complexity index is 439. The third-order valence-corrected chi connectivity index (χ3v) is 2.34. The lowest BCUT2D eigenvalue weighted by molar-refractivity contribution is 0.173. The van der Waals surface area contributed by atoms with Gasteiger partial charge in [-0.2, -0.15) is 5.26 Å². The largest absolute Gasteiger partial charge is 0.381 e. The van der Waals surface area contributed by atoms with E-state index in [1.165, 1.54) is 0 Å². The topological polar surface area (TPSA) is 35.8 Å². The molecule has 1 aliphatic rings. The summed E-state index contributed by atoms with van der Waals surface area (Å²) in [5.41, 5.74) is 0.0742. The molecular weight excluding hydrogens is 205 g/mol. The SMILES string of the molecule is N#Cc1cc(F)cc2c1NCC(F)C2F. The van der Waals surface area contributed by atoms with Gasteiger partial charge in [0, 0.05) is 12.1 Å². The lowest BCUT2D eigenvalue weighted by Crippen LogP contribution is -2.27. The average molecular weight is 212 g/mol. The molecular formula is C10H7F3N2. The number of alkyl halides is 2. The van der Waals surface area contributed by atoms with Crippen molar-refractivity contribution in [2.24, 2.45) is 0 Å². The molecule has 1 aromatic carbocycles. The summed E-state index contributed by atoms with van der Waals surface area (Å²) in [7, 11) is 0. The third-order valence-electron chi connectivity index (χ3n) is 2.34. The summed E-state index contributed by atoms with van der Waals surface area (Å²) in [5.74, 6) is -0.733. The van der Waals surface area contributed by atoms with Gasteiger partial charge in [-0.15, -0.1) is 0 Å². The molecule has 2 unspecified atom stereocenters. The van der Waals surface area contributed by atoms with Crippen LogP contribution in [0, 0.1) is 17.1 Å². The Labute approximate surface area is 84.3 Å². The monoisotopic (exact) mass is 212 g/mol. The first-order valence-electron chi connectivity index (χ1n) is 4.39. The zero-order valence-corrected chi connectivity index (χ0v) is 7.60. The number of halogens is 3. The van der Waals surface area contributed by atoms with Crippen LogP contribution in [0.4, 0.5) is 18.9 Å². The zero-order valence-electron chi connectivity index (χ0n) is 7.60. The molecule has 0 saturated carbocycles. The second kappa shape index (κ2) is 3.46. The Kier molecular flexibility index (Phi) is 2.27. The Morgan fingerprint density at radius 2 is 2.13 bits per heavy atom. The van der Waals surface area contributed by atoms with E-state index in [0.717, 1.165) is 12.1 Å². The molecule has 15 heavy (non-hydrogen) atoms. The maximum absolute atomic E-state index is 13.4. The molecule has 1 aromatic rings. The minimum absolute atomic E-state index is 0.000417. The molecule has 1 N–H and O–H groups in total. The van der Waals surface area contributed by atoms with Gasteiger partial charge in [-0.1, -0.05) is 0 Å². The third kappa shape index (κ3) is 1.52. The van der Waals surface area contributed by atoms with Crippen LogP contribution < -0.4 is 5.32 Å². The zero-order chi connectivity index (χ0) is 11.0. The molecule has 5 heteroatoms. The van der Waals surface area contributed by atoms with Crippen LogP contribution in [0.15, 0.2) is 12.1 Å². The van der Waals surface area contributed by atoms with E-state index in [-0.39, 0.29) is 23.4 Å². The van der Waals surface area contributed by atoms with E-state index in [2.05, 4.69) is 5.32 Å². The predicted octanol–water partition coefficient (Wildman–Crippen LogP) is 2.47. The van der Waals surface area contributed by atoms with E-state index in [0.29, 0.717) is 0 Å². The molecule has 2 rings (SSSR count). The summed E-state index contributed by atoms with van der Waals surface area (Å²) in [6.45, 7) is -0.200. The number of nitriles is 1. The van der Waals surface area contributed by atoms with Crippen molar-refractivity contribution < 1.29 is 13.2 Å². The fourth-order valence-electron chi connectivity index (χ4n) is 1.63. The van der Waals surface area contributed by atoms with Crippen LogP contribution in [-0.4, -0.2) is 12.7 Å². The molecule has 0 saturated heterocycles. The Morgan fingerprint density at radius 3 is 2.80 bits per heavy atom. The quantitative estimate of drug-likeness (QED) is 0.717. The van der Waals surface area contributed by atoms with Gasteiger partial charge in [0.05, 0.1) is 11.3 Å². The highest BCUT2D eigenvalue weighted by Crippen LogP contribution is 2.36. The molecule has 0 bridgehead atoms. The van der Waals surface area contributed by atoms with Crippen LogP contribution >= 0.6 is 0 Å². The van der Waals surface area contributed by atoms with Gasteiger partial charge < -0.3 is 5.32 Å². The lowest BCUT2D eigenvalue weighted by atomic mass is 9.97. The molecule has 1 aliphatic heterocycles. The summed E-state index contributed by atoms with van der Waals surface area (Å²) < 4.78 is 39.3. The van der Waals surface area contributed by atoms with Gasteiger partial charge in [0.2, 0.25) is 0 Å². The van der Waals surface area contributed by atoms with Crippen molar-refractivity contribution in [2.45, 2.75) is 12.3 Å². The van der Waals surface area contributed by atoms with Crippen LogP contribution in [0.25, 0.3) is 0 Å². The second-order valence-electron chi connectivity index (χ2n) is 3.33. The number of fused-ring (bicyclic) bond motifs is 1. The number of hydrogen-bond acceptors (Lipinski definition) is 2. The van der Waals surface area contributed by atoms with Crippen molar-refractivity contribution in [1.82, 2.24) is 0 Å². The summed E-state index contributed by atoms with van der Waals surface area (Å²) in [4.78, 5) is 0. The van der Waals surface area contributed by atoms with Crippen LogP contribution in [0.2, 0.25) is 0 Å². The van der Waals surface area contributed by atoms with E-state index in [1.807, 2.05) is 0 Å². The van der Waals surface area contributed by atoms with Crippen molar-refractivity contribution in [2.75, 3.05) is 11.9 Å². The van der Waals surface area contributed by atoms with E-state index >= 15 is 0 Å². The standard InChI is InChI=1S/C10H7F3N2/c11-6-1-5(3-14)10-7(2-6)9(13)8(12)4-15-10/h1-2,8-9,15H,4H2. The molecule has 0 radical (unpaired) electrons. The molecule has 0 aromatic heterocycles. The fraction of sp³-hybridized carbons (Fsp3) is 0.300. The number of rotatable bonds is 0. The van der Waals surface area contributed by atoms with Crippen molar-refractivity contribution >= 4 is 5.69 Å². The van der Waals surface area contributed by atoms with E-state index in [4.69, 9.17) is 5.26 Å². The van der Waals surface area contributed by atoms with Crippen molar-refractivity contribution in [3.8, 4) is 6.07 Å². The summed E-state index contributed by atoms with van der Waals surface area (Å²) in [5, 5.41) is 11.3. The summed E-state index contributed by atoms with van der Waals surface area (Å²) in [6.07, 6.45) is -3.57. The molecule has 0 aliphatic carbocycles. The van der Waals surface area contributed by atoms with Gasteiger partial charge in [-0.3, -0.25) is 0 Å². The van der Waals surface area contributed by atoms with Gasteiger partial charge in [0.1, 0.15) is 11.9 Å². The lowest BCUT2D eigenvalue weighted by Gasteiger charge is -2.25. The van der Waals surface area contributed by atoms with E-state index in [1.54, 1.807) is 6.07 Å². The Hall–Kier alpha value is -1.70. The van der Waals surface area contributed by atoms with Crippen LogP contribution in [-0.2, 0) is 0 Å². The maximum Gasteiger partial charge on any atom is 0.160 e. The van der Waals surface area contributed by atoms with Gasteiger partial charge >= 0.3 is 0 Å². The minimum atomic E-state index is -1.87. The van der Waals surface area contributed by atoms with Gasteiger partial charge in [0.15, 0.2) is 12.3 Å². The number of hydrogen-bond donors (Lipinski definition) is 1. The molecule has 1 heterocycles.